The van der Waals surface area contributed by atoms with Gasteiger partial charge in [0.15, 0.2) is 0 Å². The van der Waals surface area contributed by atoms with E-state index in [1.807, 2.05) is 24.3 Å². The fraction of sp³-hybridized carbons (Fsp3) is 0.562. The number of rotatable bonds is 4. The molecular weight excluding hydrogens is 254 g/mol. The maximum absolute atomic E-state index is 11.8. The molecule has 0 saturated carbocycles. The second-order valence-corrected chi connectivity index (χ2v) is 5.28. The van der Waals surface area contributed by atoms with Crippen molar-refractivity contribution in [2.24, 2.45) is 0 Å². The first-order valence-corrected chi connectivity index (χ1v) is 7.17. The lowest BCUT2D eigenvalue weighted by Crippen LogP contribution is -2.48. The van der Waals surface area contributed by atoms with Gasteiger partial charge >= 0.3 is 5.97 Å². The van der Waals surface area contributed by atoms with Crippen LogP contribution < -0.4 is 0 Å². The van der Waals surface area contributed by atoms with Crippen LogP contribution >= 0.6 is 0 Å². The first-order valence-electron chi connectivity index (χ1n) is 7.17. The highest BCUT2D eigenvalue weighted by Gasteiger charge is 2.26. The van der Waals surface area contributed by atoms with Crippen molar-refractivity contribution >= 4 is 5.97 Å². The molecule has 2 atom stereocenters. The summed E-state index contributed by atoms with van der Waals surface area (Å²) in [6, 6.07) is 8.07. The molecule has 1 heterocycles. The van der Waals surface area contributed by atoms with Gasteiger partial charge in [-0.05, 0) is 25.0 Å². The van der Waals surface area contributed by atoms with Gasteiger partial charge in [0.2, 0.25) is 0 Å². The quantitative estimate of drug-likeness (QED) is 0.793. The van der Waals surface area contributed by atoms with Crippen LogP contribution in [0.5, 0.6) is 0 Å². The molecule has 0 radical (unpaired) electrons. The van der Waals surface area contributed by atoms with Gasteiger partial charge in [-0.2, -0.15) is 0 Å². The van der Waals surface area contributed by atoms with Gasteiger partial charge in [-0.25, -0.2) is 4.79 Å². The number of nitrogens with zero attached hydrogens (tertiary/aromatic N) is 1. The van der Waals surface area contributed by atoms with E-state index >= 15 is 0 Å². The lowest BCUT2D eigenvalue weighted by molar-refractivity contribution is -0.0592. The third kappa shape index (κ3) is 3.38. The van der Waals surface area contributed by atoms with Crippen LogP contribution in [0.4, 0.5) is 0 Å². The summed E-state index contributed by atoms with van der Waals surface area (Å²) in [7, 11) is 1.42. The van der Waals surface area contributed by atoms with Crippen LogP contribution in [0, 0.1) is 0 Å². The Labute approximate surface area is 120 Å². The summed E-state index contributed by atoms with van der Waals surface area (Å²) >= 11 is 0. The average molecular weight is 277 g/mol. The topological polar surface area (TPSA) is 38.8 Å². The molecule has 1 fully saturated rings. The number of benzene rings is 1. The van der Waals surface area contributed by atoms with Crippen molar-refractivity contribution in [1.82, 2.24) is 4.90 Å². The Morgan fingerprint density at radius 3 is 2.90 bits per heavy atom. The van der Waals surface area contributed by atoms with Gasteiger partial charge in [0.1, 0.15) is 0 Å². The fourth-order valence-electron chi connectivity index (χ4n) is 2.67. The standard InChI is InChI=1S/C16H23NO3/c1-4-14-11-20-12(2)9-17(14)10-13-7-5-6-8-15(13)16(18)19-3/h5-8,12,14H,4,9-11H2,1-3H3. The SMILES string of the molecule is CCC1COC(C)CN1Cc1ccccc1C(=O)OC. The Morgan fingerprint density at radius 1 is 1.45 bits per heavy atom. The molecule has 0 N–H and O–H groups in total. The van der Waals surface area contributed by atoms with E-state index < -0.39 is 0 Å². The summed E-state index contributed by atoms with van der Waals surface area (Å²) in [5.74, 6) is -0.269. The van der Waals surface area contributed by atoms with Gasteiger partial charge in [-0.3, -0.25) is 4.90 Å². The first-order chi connectivity index (χ1) is 9.65. The summed E-state index contributed by atoms with van der Waals surface area (Å²) < 4.78 is 10.6. The lowest BCUT2D eigenvalue weighted by atomic mass is 10.0. The molecule has 2 unspecified atom stereocenters. The van der Waals surface area contributed by atoms with Gasteiger partial charge in [0, 0.05) is 19.1 Å². The largest absolute Gasteiger partial charge is 0.465 e. The Balaban J connectivity index is 2.17. The van der Waals surface area contributed by atoms with Crippen molar-refractivity contribution < 1.29 is 14.3 Å². The number of hydrogen-bond donors (Lipinski definition) is 0. The molecule has 110 valence electrons. The van der Waals surface area contributed by atoms with Crippen molar-refractivity contribution in [2.45, 2.75) is 39.0 Å². The van der Waals surface area contributed by atoms with Crippen LogP contribution in [0.1, 0.15) is 36.2 Å². The Hall–Kier alpha value is -1.39. The Kier molecular flexibility index (Phi) is 5.15. The summed E-state index contributed by atoms with van der Waals surface area (Å²) in [5.41, 5.74) is 1.68. The van der Waals surface area contributed by atoms with Crippen LogP contribution in [-0.2, 0) is 16.0 Å². The van der Waals surface area contributed by atoms with Gasteiger partial charge in [-0.1, -0.05) is 25.1 Å². The van der Waals surface area contributed by atoms with Crippen molar-refractivity contribution in [3.8, 4) is 0 Å². The second-order valence-electron chi connectivity index (χ2n) is 5.28. The maximum Gasteiger partial charge on any atom is 0.338 e. The number of carbonyl (C=O) groups is 1. The molecule has 0 amide bonds. The molecule has 0 bridgehead atoms. The van der Waals surface area contributed by atoms with Gasteiger partial charge < -0.3 is 9.47 Å². The molecule has 4 heteroatoms. The zero-order valence-corrected chi connectivity index (χ0v) is 12.5. The third-order valence-electron chi connectivity index (χ3n) is 3.85. The van der Waals surface area contributed by atoms with Gasteiger partial charge in [-0.15, -0.1) is 0 Å². The highest BCUT2D eigenvalue weighted by Crippen LogP contribution is 2.20. The van der Waals surface area contributed by atoms with Crippen molar-refractivity contribution in [2.75, 3.05) is 20.3 Å². The Bertz CT molecular complexity index is 461. The molecule has 1 aliphatic heterocycles. The molecule has 0 aliphatic carbocycles. The minimum absolute atomic E-state index is 0.239. The first kappa shape index (κ1) is 15.0. The zero-order chi connectivity index (χ0) is 14.5. The molecule has 1 aliphatic rings. The van der Waals surface area contributed by atoms with E-state index in [0.717, 1.165) is 31.7 Å². The minimum Gasteiger partial charge on any atom is -0.465 e. The van der Waals surface area contributed by atoms with E-state index in [9.17, 15) is 4.79 Å². The lowest BCUT2D eigenvalue weighted by Gasteiger charge is -2.38. The number of carbonyl (C=O) groups excluding carboxylic acids is 1. The molecule has 1 aromatic carbocycles. The Morgan fingerprint density at radius 2 is 2.20 bits per heavy atom. The van der Waals surface area contributed by atoms with E-state index in [0.29, 0.717) is 11.6 Å². The van der Waals surface area contributed by atoms with Crippen molar-refractivity contribution in [1.29, 1.82) is 0 Å². The van der Waals surface area contributed by atoms with Crippen LogP contribution in [0.15, 0.2) is 24.3 Å². The van der Waals surface area contributed by atoms with E-state index in [4.69, 9.17) is 9.47 Å². The third-order valence-corrected chi connectivity index (χ3v) is 3.85. The molecular formula is C16H23NO3. The van der Waals surface area contributed by atoms with Gasteiger partial charge in [0.05, 0.1) is 25.4 Å². The number of hydrogen-bond acceptors (Lipinski definition) is 4. The van der Waals surface area contributed by atoms with Crippen LogP contribution in [0.3, 0.4) is 0 Å². The monoisotopic (exact) mass is 277 g/mol. The normalized spacial score (nSPS) is 23.6. The number of esters is 1. The molecule has 0 aromatic heterocycles. The highest BCUT2D eigenvalue weighted by atomic mass is 16.5. The van der Waals surface area contributed by atoms with Gasteiger partial charge in [0.25, 0.3) is 0 Å². The number of morpholine rings is 1. The predicted molar refractivity (Wildman–Crippen MR) is 77.7 cm³/mol. The minimum atomic E-state index is -0.269. The number of methoxy groups -OCH3 is 1. The molecule has 4 nitrogen and oxygen atoms in total. The second kappa shape index (κ2) is 6.86. The van der Waals surface area contributed by atoms with E-state index in [-0.39, 0.29) is 12.1 Å². The number of ether oxygens (including phenoxy) is 2. The van der Waals surface area contributed by atoms with E-state index in [1.165, 1.54) is 7.11 Å². The molecule has 1 saturated heterocycles. The molecule has 2 rings (SSSR count). The summed E-state index contributed by atoms with van der Waals surface area (Å²) in [6.07, 6.45) is 1.29. The summed E-state index contributed by atoms with van der Waals surface area (Å²) in [4.78, 5) is 14.2. The van der Waals surface area contributed by atoms with Crippen molar-refractivity contribution in [3.63, 3.8) is 0 Å². The van der Waals surface area contributed by atoms with Crippen LogP contribution in [-0.4, -0.2) is 43.3 Å². The predicted octanol–water partition coefficient (Wildman–Crippen LogP) is 2.47. The zero-order valence-electron chi connectivity index (χ0n) is 12.5. The van der Waals surface area contributed by atoms with Crippen LogP contribution in [0.2, 0.25) is 0 Å². The fourth-order valence-corrected chi connectivity index (χ4v) is 2.67. The molecule has 0 spiro atoms. The molecule has 20 heavy (non-hydrogen) atoms. The van der Waals surface area contributed by atoms with Crippen molar-refractivity contribution in [3.05, 3.63) is 35.4 Å². The van der Waals surface area contributed by atoms with E-state index in [2.05, 4.69) is 18.7 Å². The maximum atomic E-state index is 11.8. The highest BCUT2D eigenvalue weighted by molar-refractivity contribution is 5.90. The molecule has 1 aromatic rings. The summed E-state index contributed by atoms with van der Waals surface area (Å²) in [6.45, 7) is 6.68. The smallest absolute Gasteiger partial charge is 0.338 e. The average Bonchev–Trinajstić information content (AvgIpc) is 2.47. The summed E-state index contributed by atoms with van der Waals surface area (Å²) in [5, 5.41) is 0. The van der Waals surface area contributed by atoms with Crippen LogP contribution in [0.25, 0.3) is 0 Å². The van der Waals surface area contributed by atoms with E-state index in [1.54, 1.807) is 0 Å².